The fourth-order valence-corrected chi connectivity index (χ4v) is 2.10. The molecule has 2 heteroatoms. The van der Waals surface area contributed by atoms with Crippen LogP contribution in [0.5, 0.6) is 0 Å². The third kappa shape index (κ3) is 2.96. The van der Waals surface area contributed by atoms with E-state index in [2.05, 4.69) is 22.5 Å². The van der Waals surface area contributed by atoms with E-state index in [0.29, 0.717) is 6.42 Å². The number of aryl methyl sites for hydroxylation is 1. The van der Waals surface area contributed by atoms with Gasteiger partial charge in [-0.25, -0.2) is 0 Å². The van der Waals surface area contributed by atoms with Crippen molar-refractivity contribution in [1.29, 1.82) is 0 Å². The van der Waals surface area contributed by atoms with Gasteiger partial charge in [0.1, 0.15) is 0 Å². The molecular formula is C12H15BrO. The first-order valence-corrected chi connectivity index (χ1v) is 5.38. The zero-order chi connectivity index (χ0) is 10.7. The summed E-state index contributed by atoms with van der Waals surface area (Å²) in [6, 6.07) is 5.96. The van der Waals surface area contributed by atoms with Crippen molar-refractivity contribution in [3.63, 3.8) is 0 Å². The molecule has 1 nitrogen and oxygen atoms in total. The topological polar surface area (TPSA) is 20.2 Å². The third-order valence-corrected chi connectivity index (χ3v) is 2.74. The summed E-state index contributed by atoms with van der Waals surface area (Å²) in [5, 5.41) is 9.87. The molecule has 0 saturated heterocycles. The maximum absolute atomic E-state index is 9.87. The minimum absolute atomic E-state index is 0.456. The van der Waals surface area contributed by atoms with Gasteiger partial charge in [-0.1, -0.05) is 33.6 Å². The lowest BCUT2D eigenvalue weighted by molar-refractivity contribution is 0.177. The van der Waals surface area contributed by atoms with E-state index in [1.807, 2.05) is 32.0 Å². The van der Waals surface area contributed by atoms with E-state index in [-0.39, 0.29) is 0 Å². The highest BCUT2D eigenvalue weighted by molar-refractivity contribution is 9.10. The zero-order valence-corrected chi connectivity index (χ0v) is 10.1. The largest absolute Gasteiger partial charge is 0.388 e. The van der Waals surface area contributed by atoms with Gasteiger partial charge in [0.2, 0.25) is 0 Å². The SMILES string of the molecule is C=C(C)CC(O)c1ccc(C)cc1Br. The van der Waals surface area contributed by atoms with E-state index in [1.54, 1.807) is 0 Å². The number of halogens is 1. The van der Waals surface area contributed by atoms with Gasteiger partial charge in [-0.05, 0) is 37.5 Å². The average molecular weight is 255 g/mol. The molecular weight excluding hydrogens is 240 g/mol. The lowest BCUT2D eigenvalue weighted by Crippen LogP contribution is -1.99. The Bertz CT molecular complexity index is 344. The molecule has 14 heavy (non-hydrogen) atoms. The fourth-order valence-electron chi connectivity index (χ4n) is 1.34. The van der Waals surface area contributed by atoms with Crippen molar-refractivity contribution < 1.29 is 5.11 Å². The Kier molecular flexibility index (Phi) is 3.90. The van der Waals surface area contributed by atoms with Crippen molar-refractivity contribution in [3.05, 3.63) is 46.0 Å². The van der Waals surface area contributed by atoms with E-state index < -0.39 is 6.10 Å². The van der Waals surface area contributed by atoms with Crippen LogP contribution in [0.15, 0.2) is 34.8 Å². The Balaban J connectivity index is 2.90. The summed E-state index contributed by atoms with van der Waals surface area (Å²) >= 11 is 3.45. The zero-order valence-electron chi connectivity index (χ0n) is 8.55. The fraction of sp³-hybridized carbons (Fsp3) is 0.333. The summed E-state index contributed by atoms with van der Waals surface area (Å²) < 4.78 is 0.964. The van der Waals surface area contributed by atoms with Crippen molar-refractivity contribution in [3.8, 4) is 0 Å². The number of aliphatic hydroxyl groups excluding tert-OH is 1. The molecule has 0 bridgehead atoms. The first kappa shape index (κ1) is 11.5. The molecule has 1 atom stereocenters. The molecule has 0 spiro atoms. The van der Waals surface area contributed by atoms with E-state index in [9.17, 15) is 5.11 Å². The lowest BCUT2D eigenvalue weighted by Gasteiger charge is -2.13. The molecule has 0 aromatic heterocycles. The maximum atomic E-state index is 9.87. The molecule has 1 rings (SSSR count). The van der Waals surface area contributed by atoms with Gasteiger partial charge < -0.3 is 5.11 Å². The molecule has 76 valence electrons. The summed E-state index contributed by atoms with van der Waals surface area (Å²) in [6.07, 6.45) is 0.157. The second-order valence-electron chi connectivity index (χ2n) is 3.70. The quantitative estimate of drug-likeness (QED) is 0.815. The number of hydrogen-bond donors (Lipinski definition) is 1. The predicted octanol–water partition coefficient (Wildman–Crippen LogP) is 3.76. The third-order valence-electron chi connectivity index (χ3n) is 2.06. The number of hydrogen-bond acceptors (Lipinski definition) is 1. The normalized spacial score (nSPS) is 12.6. The molecule has 0 heterocycles. The van der Waals surface area contributed by atoms with Gasteiger partial charge in [0.05, 0.1) is 6.10 Å². The van der Waals surface area contributed by atoms with E-state index >= 15 is 0 Å². The first-order valence-electron chi connectivity index (χ1n) is 4.59. The highest BCUT2D eigenvalue weighted by Gasteiger charge is 2.10. The molecule has 1 unspecified atom stereocenters. The number of benzene rings is 1. The first-order chi connectivity index (χ1) is 6.50. The molecule has 0 aliphatic carbocycles. The molecule has 0 saturated carbocycles. The molecule has 0 fully saturated rings. The van der Waals surface area contributed by atoms with Crippen LogP contribution in [0, 0.1) is 6.92 Å². The number of rotatable bonds is 3. The Morgan fingerprint density at radius 2 is 2.21 bits per heavy atom. The molecule has 0 radical (unpaired) electrons. The Morgan fingerprint density at radius 1 is 1.57 bits per heavy atom. The molecule has 1 aromatic rings. The smallest absolute Gasteiger partial charge is 0.0837 e. The van der Waals surface area contributed by atoms with Gasteiger partial charge in [0.15, 0.2) is 0 Å². The van der Waals surface area contributed by atoms with Crippen LogP contribution in [-0.4, -0.2) is 5.11 Å². The van der Waals surface area contributed by atoms with Crippen LogP contribution in [0.2, 0.25) is 0 Å². The van der Waals surface area contributed by atoms with Gasteiger partial charge in [-0.15, -0.1) is 6.58 Å². The van der Waals surface area contributed by atoms with Crippen molar-refractivity contribution in [2.75, 3.05) is 0 Å². The summed E-state index contributed by atoms with van der Waals surface area (Å²) in [6.45, 7) is 7.74. The van der Waals surface area contributed by atoms with Crippen molar-refractivity contribution in [2.24, 2.45) is 0 Å². The standard InChI is InChI=1S/C12H15BrO/c1-8(2)6-12(14)10-5-4-9(3)7-11(10)13/h4-5,7,12,14H,1,6H2,2-3H3. The highest BCUT2D eigenvalue weighted by atomic mass is 79.9. The monoisotopic (exact) mass is 254 g/mol. The second kappa shape index (κ2) is 4.76. The van der Waals surface area contributed by atoms with Crippen LogP contribution in [-0.2, 0) is 0 Å². The minimum atomic E-state index is -0.456. The average Bonchev–Trinajstić information content (AvgIpc) is 2.01. The lowest BCUT2D eigenvalue weighted by atomic mass is 10.0. The Hall–Kier alpha value is -0.600. The van der Waals surface area contributed by atoms with E-state index in [0.717, 1.165) is 15.6 Å². The summed E-state index contributed by atoms with van der Waals surface area (Å²) in [5.74, 6) is 0. The second-order valence-corrected chi connectivity index (χ2v) is 4.56. The van der Waals surface area contributed by atoms with Crippen LogP contribution in [0.3, 0.4) is 0 Å². The maximum Gasteiger partial charge on any atom is 0.0837 e. The summed E-state index contributed by atoms with van der Waals surface area (Å²) in [4.78, 5) is 0. The van der Waals surface area contributed by atoms with Gasteiger partial charge in [0.25, 0.3) is 0 Å². The van der Waals surface area contributed by atoms with E-state index in [4.69, 9.17) is 0 Å². The van der Waals surface area contributed by atoms with Crippen molar-refractivity contribution in [2.45, 2.75) is 26.4 Å². The van der Waals surface area contributed by atoms with Crippen LogP contribution in [0.1, 0.15) is 30.6 Å². The summed E-state index contributed by atoms with van der Waals surface area (Å²) in [5.41, 5.74) is 3.10. The molecule has 1 N–H and O–H groups in total. The molecule has 0 aliphatic rings. The van der Waals surface area contributed by atoms with E-state index in [1.165, 1.54) is 5.56 Å². The van der Waals surface area contributed by atoms with Gasteiger partial charge in [-0.2, -0.15) is 0 Å². The van der Waals surface area contributed by atoms with Gasteiger partial charge in [-0.3, -0.25) is 0 Å². The van der Waals surface area contributed by atoms with Crippen LogP contribution in [0.25, 0.3) is 0 Å². The van der Waals surface area contributed by atoms with Crippen molar-refractivity contribution in [1.82, 2.24) is 0 Å². The van der Waals surface area contributed by atoms with Crippen LogP contribution in [0.4, 0.5) is 0 Å². The van der Waals surface area contributed by atoms with Gasteiger partial charge in [0, 0.05) is 4.47 Å². The molecule has 0 amide bonds. The highest BCUT2D eigenvalue weighted by Crippen LogP contribution is 2.28. The Labute approximate surface area is 93.6 Å². The predicted molar refractivity (Wildman–Crippen MR) is 63.3 cm³/mol. The van der Waals surface area contributed by atoms with Crippen LogP contribution < -0.4 is 0 Å². The van der Waals surface area contributed by atoms with Crippen molar-refractivity contribution >= 4 is 15.9 Å². The van der Waals surface area contributed by atoms with Gasteiger partial charge >= 0.3 is 0 Å². The molecule has 0 aliphatic heterocycles. The summed E-state index contributed by atoms with van der Waals surface area (Å²) in [7, 11) is 0. The number of aliphatic hydroxyl groups is 1. The molecule has 1 aromatic carbocycles. The van der Waals surface area contributed by atoms with Crippen LogP contribution >= 0.6 is 15.9 Å². The minimum Gasteiger partial charge on any atom is -0.388 e. The Morgan fingerprint density at radius 3 is 2.71 bits per heavy atom.